The van der Waals surface area contributed by atoms with Crippen LogP contribution in [-0.4, -0.2) is 17.6 Å². The summed E-state index contributed by atoms with van der Waals surface area (Å²) in [4.78, 5) is 30.8. The van der Waals surface area contributed by atoms with Gasteiger partial charge in [-0.2, -0.15) is 0 Å². The Morgan fingerprint density at radius 3 is 2.12 bits per heavy atom. The first kappa shape index (κ1) is 22.3. The van der Waals surface area contributed by atoms with E-state index in [1.807, 2.05) is 103 Å². The third kappa shape index (κ3) is 4.74. The Bertz CT molecular complexity index is 1320. The van der Waals surface area contributed by atoms with Crippen LogP contribution < -0.4 is 10.2 Å². The fraction of sp³-hybridized carbons (Fsp3) is 0.0714. The number of aryl methyl sites for hydroxylation is 1. The molecule has 0 aliphatic carbocycles. The van der Waals surface area contributed by atoms with Gasteiger partial charge in [0.15, 0.2) is 0 Å². The second kappa shape index (κ2) is 9.79. The van der Waals surface area contributed by atoms with Crippen LogP contribution in [0.25, 0.3) is 0 Å². The average Bonchev–Trinajstić information content (AvgIpc) is 2.86. The Balaban J connectivity index is 1.26. The molecule has 0 radical (unpaired) electrons. The van der Waals surface area contributed by atoms with Gasteiger partial charge in [-0.1, -0.05) is 53.7 Å². The van der Waals surface area contributed by atoms with Crippen molar-refractivity contribution in [3.63, 3.8) is 0 Å². The monoisotopic (exact) mass is 482 g/mol. The normalized spacial score (nSPS) is 12.0. The number of thioether (sulfide) groups is 1. The smallest absolute Gasteiger partial charge is 0.255 e. The topological polar surface area (TPSA) is 49.4 Å². The minimum absolute atomic E-state index is 0.0297. The number of amides is 2. The van der Waals surface area contributed by atoms with Crippen molar-refractivity contribution in [3.05, 3.63) is 108 Å². The minimum atomic E-state index is -0.139. The van der Waals surface area contributed by atoms with Crippen molar-refractivity contribution in [1.29, 1.82) is 0 Å². The molecule has 0 saturated heterocycles. The van der Waals surface area contributed by atoms with E-state index in [0.717, 1.165) is 37.3 Å². The summed E-state index contributed by atoms with van der Waals surface area (Å²) in [5.41, 5.74) is 4.24. The second-order valence-corrected chi connectivity index (χ2v) is 10.0. The molecule has 0 saturated carbocycles. The van der Waals surface area contributed by atoms with E-state index in [2.05, 4.69) is 5.32 Å². The molecule has 6 heteroatoms. The third-order valence-electron chi connectivity index (χ3n) is 5.44. The molecule has 2 amide bonds. The molecule has 0 bridgehead atoms. The first-order valence-electron chi connectivity index (χ1n) is 10.9. The summed E-state index contributed by atoms with van der Waals surface area (Å²) < 4.78 is 0. The first-order valence-corrected chi connectivity index (χ1v) is 12.7. The van der Waals surface area contributed by atoms with Crippen molar-refractivity contribution in [3.8, 4) is 0 Å². The number of benzene rings is 4. The van der Waals surface area contributed by atoms with E-state index in [1.54, 1.807) is 17.8 Å². The van der Waals surface area contributed by atoms with Gasteiger partial charge in [-0.3, -0.25) is 14.5 Å². The fourth-order valence-electron chi connectivity index (χ4n) is 3.81. The van der Waals surface area contributed by atoms with E-state index in [1.165, 1.54) is 11.8 Å². The lowest BCUT2D eigenvalue weighted by molar-refractivity contribution is -0.115. The Morgan fingerprint density at radius 2 is 1.47 bits per heavy atom. The molecular formula is C28H22N2O2S2. The first-order chi connectivity index (χ1) is 16.6. The number of nitrogens with zero attached hydrogens (tertiary/aromatic N) is 1. The Morgan fingerprint density at radius 1 is 0.824 bits per heavy atom. The second-order valence-electron chi connectivity index (χ2n) is 7.90. The molecule has 0 fully saturated rings. The number of anilines is 3. The number of hydrogen-bond acceptors (Lipinski definition) is 4. The van der Waals surface area contributed by atoms with Gasteiger partial charge < -0.3 is 5.32 Å². The molecule has 0 spiro atoms. The summed E-state index contributed by atoms with van der Waals surface area (Å²) in [7, 11) is 0. The van der Waals surface area contributed by atoms with Crippen LogP contribution in [0.2, 0.25) is 0 Å². The molecule has 0 unspecified atom stereocenters. The zero-order valence-corrected chi connectivity index (χ0v) is 20.2. The maximum absolute atomic E-state index is 13.3. The SMILES string of the molecule is Cc1cccc(C(=O)Nc2ccc(SCC(=O)N3c4ccccc4Sc4ccccc43)cc2)c1. The Labute approximate surface area is 207 Å². The largest absolute Gasteiger partial charge is 0.322 e. The number of para-hydroxylation sites is 2. The number of nitrogens with one attached hydrogen (secondary N) is 1. The van der Waals surface area contributed by atoms with E-state index in [9.17, 15) is 9.59 Å². The molecule has 4 aromatic carbocycles. The molecule has 5 rings (SSSR count). The summed E-state index contributed by atoms with van der Waals surface area (Å²) >= 11 is 3.18. The Hall–Kier alpha value is -3.48. The van der Waals surface area contributed by atoms with Crippen LogP contribution in [0.1, 0.15) is 15.9 Å². The maximum Gasteiger partial charge on any atom is 0.255 e. The van der Waals surface area contributed by atoms with Gasteiger partial charge in [0.1, 0.15) is 0 Å². The molecule has 1 aliphatic rings. The molecule has 34 heavy (non-hydrogen) atoms. The minimum Gasteiger partial charge on any atom is -0.322 e. The Kier molecular flexibility index (Phi) is 6.43. The standard InChI is InChI=1S/C28H22N2O2S2/c1-19-7-6-8-20(17-19)28(32)29-21-13-15-22(16-14-21)33-18-27(31)30-23-9-2-4-11-25(23)34-26-12-5-3-10-24(26)30/h2-17H,18H2,1H3,(H,29,32). The van der Waals surface area contributed by atoms with Crippen LogP contribution in [0.15, 0.2) is 112 Å². The highest BCUT2D eigenvalue weighted by Gasteiger charge is 2.27. The van der Waals surface area contributed by atoms with Crippen LogP contribution in [0.4, 0.5) is 17.1 Å². The van der Waals surface area contributed by atoms with Crippen molar-refractivity contribution < 1.29 is 9.59 Å². The van der Waals surface area contributed by atoms with E-state index < -0.39 is 0 Å². The molecule has 4 nitrogen and oxygen atoms in total. The van der Waals surface area contributed by atoms with E-state index in [0.29, 0.717) is 11.3 Å². The van der Waals surface area contributed by atoms with E-state index in [4.69, 9.17) is 0 Å². The van der Waals surface area contributed by atoms with Crippen LogP contribution in [0.5, 0.6) is 0 Å². The van der Waals surface area contributed by atoms with Gasteiger partial charge in [-0.15, -0.1) is 11.8 Å². The van der Waals surface area contributed by atoms with Crippen molar-refractivity contribution in [1.82, 2.24) is 0 Å². The highest BCUT2D eigenvalue weighted by atomic mass is 32.2. The lowest BCUT2D eigenvalue weighted by Crippen LogP contribution is -2.29. The molecule has 1 N–H and O–H groups in total. The van der Waals surface area contributed by atoms with Gasteiger partial charge in [-0.25, -0.2) is 0 Å². The van der Waals surface area contributed by atoms with Gasteiger partial charge in [0, 0.05) is 25.9 Å². The van der Waals surface area contributed by atoms with Crippen LogP contribution in [-0.2, 0) is 4.79 Å². The fourth-order valence-corrected chi connectivity index (χ4v) is 5.61. The summed E-state index contributed by atoms with van der Waals surface area (Å²) in [6, 6.07) is 31.1. The van der Waals surface area contributed by atoms with Crippen molar-refractivity contribution >= 4 is 52.4 Å². The van der Waals surface area contributed by atoms with Crippen molar-refractivity contribution in [2.75, 3.05) is 16.0 Å². The van der Waals surface area contributed by atoms with Gasteiger partial charge >= 0.3 is 0 Å². The van der Waals surface area contributed by atoms with E-state index in [-0.39, 0.29) is 11.8 Å². The maximum atomic E-state index is 13.3. The van der Waals surface area contributed by atoms with Gasteiger partial charge in [0.05, 0.1) is 17.1 Å². The van der Waals surface area contributed by atoms with Gasteiger partial charge in [0.25, 0.3) is 5.91 Å². The van der Waals surface area contributed by atoms with E-state index >= 15 is 0 Å². The highest BCUT2D eigenvalue weighted by Crippen LogP contribution is 2.48. The number of hydrogen-bond donors (Lipinski definition) is 1. The summed E-state index contributed by atoms with van der Waals surface area (Å²) in [6.07, 6.45) is 0. The quantitative estimate of drug-likeness (QED) is 0.306. The molecular weight excluding hydrogens is 460 g/mol. The van der Waals surface area contributed by atoms with Crippen LogP contribution in [0.3, 0.4) is 0 Å². The predicted molar refractivity (Wildman–Crippen MR) is 140 cm³/mol. The zero-order chi connectivity index (χ0) is 23.5. The molecule has 0 aromatic heterocycles. The lowest BCUT2D eigenvalue weighted by Gasteiger charge is -2.31. The summed E-state index contributed by atoms with van der Waals surface area (Å²) in [5, 5.41) is 2.93. The van der Waals surface area contributed by atoms with Crippen molar-refractivity contribution in [2.24, 2.45) is 0 Å². The third-order valence-corrected chi connectivity index (χ3v) is 7.56. The molecule has 0 atom stereocenters. The number of fused-ring (bicyclic) bond motifs is 2. The molecule has 1 aliphatic heterocycles. The average molecular weight is 483 g/mol. The number of carbonyl (C=O) groups excluding carboxylic acids is 2. The van der Waals surface area contributed by atoms with Crippen LogP contribution >= 0.6 is 23.5 Å². The zero-order valence-electron chi connectivity index (χ0n) is 18.5. The van der Waals surface area contributed by atoms with Gasteiger partial charge in [-0.05, 0) is 67.6 Å². The number of carbonyl (C=O) groups is 2. The molecule has 168 valence electrons. The predicted octanol–water partition coefficient (Wildman–Crippen LogP) is 7.17. The van der Waals surface area contributed by atoms with Crippen molar-refractivity contribution in [2.45, 2.75) is 21.6 Å². The number of rotatable bonds is 5. The highest BCUT2D eigenvalue weighted by molar-refractivity contribution is 8.00. The lowest BCUT2D eigenvalue weighted by atomic mass is 10.1. The molecule has 4 aromatic rings. The van der Waals surface area contributed by atoms with Crippen LogP contribution in [0, 0.1) is 6.92 Å². The summed E-state index contributed by atoms with van der Waals surface area (Å²) in [5.74, 6) is 0.198. The van der Waals surface area contributed by atoms with Gasteiger partial charge in [0.2, 0.25) is 5.91 Å². The summed E-state index contributed by atoms with van der Waals surface area (Å²) in [6.45, 7) is 1.96. The molecule has 1 heterocycles.